The first-order valence-corrected chi connectivity index (χ1v) is 8.17. The second-order valence-electron chi connectivity index (χ2n) is 5.99. The number of carbonyl (C=O) groups is 1. The van der Waals surface area contributed by atoms with Gasteiger partial charge in [0.1, 0.15) is 11.6 Å². The Kier molecular flexibility index (Phi) is 6.77. The van der Waals surface area contributed by atoms with Gasteiger partial charge in [0, 0.05) is 19.0 Å². The summed E-state index contributed by atoms with van der Waals surface area (Å²) in [5.74, 6) is -0.185. The SMILES string of the molecule is CC(C)Oc1ccc(NC(=O)NCC(O)Cc2ccccc2)c(F)c1. The van der Waals surface area contributed by atoms with Gasteiger partial charge in [0.15, 0.2) is 0 Å². The van der Waals surface area contributed by atoms with Crippen molar-refractivity contribution in [1.82, 2.24) is 5.32 Å². The fourth-order valence-electron chi connectivity index (χ4n) is 2.28. The highest BCUT2D eigenvalue weighted by Crippen LogP contribution is 2.21. The van der Waals surface area contributed by atoms with Gasteiger partial charge in [0.2, 0.25) is 0 Å². The Morgan fingerprint density at radius 2 is 1.92 bits per heavy atom. The molecular formula is C19H23FN2O3. The second-order valence-corrected chi connectivity index (χ2v) is 5.99. The van der Waals surface area contributed by atoms with E-state index >= 15 is 0 Å². The lowest BCUT2D eigenvalue weighted by Gasteiger charge is -2.14. The van der Waals surface area contributed by atoms with Gasteiger partial charge in [-0.05, 0) is 31.5 Å². The summed E-state index contributed by atoms with van der Waals surface area (Å²) in [6.45, 7) is 3.76. The van der Waals surface area contributed by atoms with E-state index in [1.807, 2.05) is 44.2 Å². The van der Waals surface area contributed by atoms with Crippen LogP contribution in [0.2, 0.25) is 0 Å². The number of ether oxygens (including phenoxy) is 1. The summed E-state index contributed by atoms with van der Waals surface area (Å²) in [6, 6.07) is 13.1. The number of benzene rings is 2. The van der Waals surface area contributed by atoms with Crippen molar-refractivity contribution in [3.05, 3.63) is 59.9 Å². The summed E-state index contributed by atoms with van der Waals surface area (Å²) in [6.07, 6.45) is -0.357. The maximum Gasteiger partial charge on any atom is 0.319 e. The average Bonchev–Trinajstić information content (AvgIpc) is 2.56. The van der Waals surface area contributed by atoms with Crippen molar-refractivity contribution in [2.24, 2.45) is 0 Å². The van der Waals surface area contributed by atoms with Crippen molar-refractivity contribution in [3.8, 4) is 5.75 Å². The maximum absolute atomic E-state index is 14.0. The summed E-state index contributed by atoms with van der Waals surface area (Å²) in [4.78, 5) is 11.9. The van der Waals surface area contributed by atoms with Crippen LogP contribution in [0.15, 0.2) is 48.5 Å². The molecule has 0 heterocycles. The Hall–Kier alpha value is -2.60. The Bertz CT molecular complexity index is 692. The Balaban J connectivity index is 1.81. The van der Waals surface area contributed by atoms with Crippen LogP contribution in [-0.4, -0.2) is 29.9 Å². The van der Waals surface area contributed by atoms with Crippen LogP contribution in [0.1, 0.15) is 19.4 Å². The first-order chi connectivity index (χ1) is 11.9. The van der Waals surface area contributed by atoms with Crippen LogP contribution < -0.4 is 15.4 Å². The first-order valence-electron chi connectivity index (χ1n) is 8.17. The number of aliphatic hydroxyl groups is 1. The molecule has 2 aromatic carbocycles. The molecule has 0 aliphatic heterocycles. The summed E-state index contributed by atoms with van der Waals surface area (Å²) in [7, 11) is 0. The summed E-state index contributed by atoms with van der Waals surface area (Å²) in [5, 5.41) is 14.9. The summed E-state index contributed by atoms with van der Waals surface area (Å²) in [5.41, 5.74) is 1.02. The normalized spacial score (nSPS) is 11.9. The molecule has 1 unspecified atom stereocenters. The smallest absolute Gasteiger partial charge is 0.319 e. The molecule has 25 heavy (non-hydrogen) atoms. The van der Waals surface area contributed by atoms with Crippen LogP contribution in [0.5, 0.6) is 5.75 Å². The molecule has 6 heteroatoms. The number of carbonyl (C=O) groups excluding carboxylic acids is 1. The number of hydrogen-bond donors (Lipinski definition) is 3. The van der Waals surface area contributed by atoms with Gasteiger partial charge in [0.05, 0.1) is 17.9 Å². The van der Waals surface area contributed by atoms with E-state index in [9.17, 15) is 14.3 Å². The van der Waals surface area contributed by atoms with Crippen molar-refractivity contribution < 1.29 is 19.0 Å². The zero-order valence-electron chi connectivity index (χ0n) is 14.3. The lowest BCUT2D eigenvalue weighted by molar-refractivity contribution is 0.172. The van der Waals surface area contributed by atoms with E-state index in [1.54, 1.807) is 6.07 Å². The van der Waals surface area contributed by atoms with Crippen LogP contribution in [0.4, 0.5) is 14.9 Å². The van der Waals surface area contributed by atoms with E-state index in [0.717, 1.165) is 5.56 Å². The predicted molar refractivity (Wildman–Crippen MR) is 95.3 cm³/mol. The molecule has 0 saturated carbocycles. The van der Waals surface area contributed by atoms with Crippen LogP contribution in [0.25, 0.3) is 0 Å². The number of aliphatic hydroxyl groups excluding tert-OH is 1. The lowest BCUT2D eigenvalue weighted by Crippen LogP contribution is -2.36. The van der Waals surface area contributed by atoms with Crippen LogP contribution in [0.3, 0.4) is 0 Å². The third kappa shape index (κ3) is 6.43. The highest BCUT2D eigenvalue weighted by Gasteiger charge is 2.11. The number of amides is 2. The van der Waals surface area contributed by atoms with Crippen LogP contribution in [-0.2, 0) is 6.42 Å². The van der Waals surface area contributed by atoms with Gasteiger partial charge >= 0.3 is 6.03 Å². The van der Waals surface area contributed by atoms with E-state index < -0.39 is 18.0 Å². The third-order valence-electron chi connectivity index (χ3n) is 3.37. The largest absolute Gasteiger partial charge is 0.491 e. The van der Waals surface area contributed by atoms with Gasteiger partial charge in [-0.1, -0.05) is 30.3 Å². The zero-order chi connectivity index (χ0) is 18.2. The summed E-state index contributed by atoms with van der Waals surface area (Å²) < 4.78 is 19.4. The lowest BCUT2D eigenvalue weighted by atomic mass is 10.1. The second kappa shape index (κ2) is 9.03. The number of halogens is 1. The van der Waals surface area contributed by atoms with Gasteiger partial charge in [-0.25, -0.2) is 9.18 Å². The predicted octanol–water partition coefficient (Wildman–Crippen LogP) is 3.34. The molecule has 134 valence electrons. The molecule has 1 atom stereocenters. The number of rotatable bonds is 7. The van der Waals surface area contributed by atoms with E-state index in [2.05, 4.69) is 10.6 Å². The Morgan fingerprint density at radius 1 is 1.20 bits per heavy atom. The minimum absolute atomic E-state index is 0.0474. The van der Waals surface area contributed by atoms with Gasteiger partial charge in [-0.2, -0.15) is 0 Å². The molecule has 0 saturated heterocycles. The van der Waals surface area contributed by atoms with Gasteiger partial charge < -0.3 is 20.5 Å². The molecule has 0 aliphatic carbocycles. The highest BCUT2D eigenvalue weighted by molar-refractivity contribution is 5.89. The molecule has 2 rings (SSSR count). The molecule has 3 N–H and O–H groups in total. The molecule has 0 aliphatic rings. The first kappa shape index (κ1) is 18.7. The standard InChI is InChI=1S/C19H23FN2O3/c1-13(2)25-16-8-9-18(17(20)11-16)22-19(24)21-12-15(23)10-14-6-4-3-5-7-14/h3-9,11,13,15,23H,10,12H2,1-2H3,(H2,21,22,24). The molecule has 2 aromatic rings. The highest BCUT2D eigenvalue weighted by atomic mass is 19.1. The Morgan fingerprint density at radius 3 is 2.56 bits per heavy atom. The molecule has 0 aromatic heterocycles. The molecular weight excluding hydrogens is 323 g/mol. The number of urea groups is 1. The number of nitrogens with one attached hydrogen (secondary N) is 2. The number of anilines is 1. The zero-order valence-corrected chi connectivity index (χ0v) is 14.3. The minimum atomic E-state index is -0.722. The Labute approximate surface area is 146 Å². The topological polar surface area (TPSA) is 70.6 Å². The van der Waals surface area contributed by atoms with Crippen molar-refractivity contribution in [2.75, 3.05) is 11.9 Å². The molecule has 0 bridgehead atoms. The number of hydrogen-bond acceptors (Lipinski definition) is 3. The third-order valence-corrected chi connectivity index (χ3v) is 3.37. The van der Waals surface area contributed by atoms with E-state index in [-0.39, 0.29) is 18.3 Å². The van der Waals surface area contributed by atoms with Gasteiger partial charge in [0.25, 0.3) is 0 Å². The van der Waals surface area contributed by atoms with Crippen LogP contribution in [0, 0.1) is 5.82 Å². The average molecular weight is 346 g/mol. The molecule has 0 fully saturated rings. The van der Waals surface area contributed by atoms with Crippen molar-refractivity contribution in [2.45, 2.75) is 32.5 Å². The van der Waals surface area contributed by atoms with Crippen molar-refractivity contribution >= 4 is 11.7 Å². The van der Waals surface area contributed by atoms with E-state index in [1.165, 1.54) is 12.1 Å². The maximum atomic E-state index is 14.0. The van der Waals surface area contributed by atoms with Gasteiger partial charge in [-0.15, -0.1) is 0 Å². The minimum Gasteiger partial charge on any atom is -0.491 e. The molecule has 5 nitrogen and oxygen atoms in total. The van der Waals surface area contributed by atoms with E-state index in [4.69, 9.17) is 4.74 Å². The van der Waals surface area contributed by atoms with Crippen molar-refractivity contribution in [1.29, 1.82) is 0 Å². The van der Waals surface area contributed by atoms with Crippen LogP contribution >= 0.6 is 0 Å². The quantitative estimate of drug-likeness (QED) is 0.720. The fourth-order valence-corrected chi connectivity index (χ4v) is 2.28. The van der Waals surface area contributed by atoms with Gasteiger partial charge in [-0.3, -0.25) is 0 Å². The van der Waals surface area contributed by atoms with E-state index in [0.29, 0.717) is 12.2 Å². The molecule has 0 radical (unpaired) electrons. The fraction of sp³-hybridized carbons (Fsp3) is 0.316. The molecule has 2 amide bonds. The molecule has 0 spiro atoms. The summed E-state index contributed by atoms with van der Waals surface area (Å²) >= 11 is 0. The monoisotopic (exact) mass is 346 g/mol. The van der Waals surface area contributed by atoms with Crippen molar-refractivity contribution in [3.63, 3.8) is 0 Å².